The molecule has 1 aromatic carbocycles. The third kappa shape index (κ3) is 4.54. The lowest BCUT2D eigenvalue weighted by molar-refractivity contribution is 0.0768. The molecule has 0 amide bonds. The predicted molar refractivity (Wildman–Crippen MR) is 113 cm³/mol. The van der Waals surface area contributed by atoms with Gasteiger partial charge in [-0.05, 0) is 50.3 Å². The molecule has 0 radical (unpaired) electrons. The lowest BCUT2D eigenvalue weighted by Crippen LogP contribution is -2.37. The van der Waals surface area contributed by atoms with Crippen molar-refractivity contribution < 1.29 is 9.47 Å². The number of rotatable bonds is 6. The van der Waals surface area contributed by atoms with Crippen molar-refractivity contribution in [2.75, 3.05) is 33.4 Å². The molecule has 2 N–H and O–H groups in total. The molecule has 2 aliphatic rings. The summed E-state index contributed by atoms with van der Waals surface area (Å²) in [5.74, 6) is 1.43. The van der Waals surface area contributed by atoms with Gasteiger partial charge in [-0.1, -0.05) is 12.1 Å². The smallest absolute Gasteiger partial charge is 0.119 e. The first-order chi connectivity index (χ1) is 13.7. The van der Waals surface area contributed by atoms with Gasteiger partial charge in [0.15, 0.2) is 0 Å². The van der Waals surface area contributed by atoms with Gasteiger partial charge in [0.2, 0.25) is 0 Å². The molecule has 0 atom stereocenters. The lowest BCUT2D eigenvalue weighted by atomic mass is 9.83. The van der Waals surface area contributed by atoms with Crippen LogP contribution in [0, 0.1) is 6.92 Å². The Morgan fingerprint density at radius 3 is 2.75 bits per heavy atom. The Bertz CT molecular complexity index is 768. The second-order valence-electron chi connectivity index (χ2n) is 7.64. The van der Waals surface area contributed by atoms with Gasteiger partial charge in [-0.2, -0.15) is 5.10 Å². The van der Waals surface area contributed by atoms with Crippen molar-refractivity contribution in [2.24, 2.45) is 0 Å². The van der Waals surface area contributed by atoms with E-state index in [1.54, 1.807) is 19.2 Å². The number of nitrogens with zero attached hydrogens (tertiary/aromatic N) is 2. The summed E-state index contributed by atoms with van der Waals surface area (Å²) in [6, 6.07) is 8.72. The molecule has 2 fully saturated rings. The molecule has 1 aliphatic heterocycles. The minimum Gasteiger partial charge on any atom is -0.497 e. The number of hydrogen-bond acceptors (Lipinski definition) is 6. The number of aromatic nitrogens is 2. The average molecular weight is 403 g/mol. The van der Waals surface area contributed by atoms with Gasteiger partial charge in [-0.3, -0.25) is 5.10 Å². The van der Waals surface area contributed by atoms with Crippen molar-refractivity contribution in [3.05, 3.63) is 35.5 Å². The molecule has 2 heterocycles. The standard InChI is InChI=1S/C21H30N4O2S/c1-15-20(22-23-21(15)17-4-3-5-19(14-17)26-2)16-6-8-18(9-7-16)24-28-25-10-12-27-13-11-25/h3-5,14,16,18,24H,6-13H2,1-2H3,(H,22,23). The van der Waals surface area contributed by atoms with Crippen LogP contribution < -0.4 is 9.46 Å². The van der Waals surface area contributed by atoms with E-state index in [4.69, 9.17) is 9.47 Å². The predicted octanol–water partition coefficient (Wildman–Crippen LogP) is 3.90. The molecule has 1 aliphatic carbocycles. The number of ether oxygens (including phenoxy) is 2. The summed E-state index contributed by atoms with van der Waals surface area (Å²) in [7, 11) is 1.70. The summed E-state index contributed by atoms with van der Waals surface area (Å²) in [5, 5.41) is 7.97. The first-order valence-electron chi connectivity index (χ1n) is 10.2. The Hall–Kier alpha value is -1.54. The third-order valence-electron chi connectivity index (χ3n) is 5.84. The van der Waals surface area contributed by atoms with Crippen LogP contribution in [0.4, 0.5) is 0 Å². The highest BCUT2D eigenvalue weighted by Gasteiger charge is 2.26. The molecule has 1 saturated carbocycles. The molecule has 0 unspecified atom stereocenters. The molecule has 7 heteroatoms. The summed E-state index contributed by atoms with van der Waals surface area (Å²) < 4.78 is 16.8. The van der Waals surface area contributed by atoms with E-state index in [-0.39, 0.29) is 0 Å². The highest BCUT2D eigenvalue weighted by molar-refractivity contribution is 7.95. The Morgan fingerprint density at radius 2 is 2.00 bits per heavy atom. The minimum atomic E-state index is 0.568. The van der Waals surface area contributed by atoms with Gasteiger partial charge >= 0.3 is 0 Å². The summed E-state index contributed by atoms with van der Waals surface area (Å²) >= 11 is 1.78. The largest absolute Gasteiger partial charge is 0.497 e. The molecular formula is C21H30N4O2S. The number of benzene rings is 1. The van der Waals surface area contributed by atoms with Crippen LogP contribution in [-0.2, 0) is 4.74 Å². The van der Waals surface area contributed by atoms with Crippen LogP contribution in [0.1, 0.15) is 42.9 Å². The highest BCUT2D eigenvalue weighted by atomic mass is 32.2. The molecule has 152 valence electrons. The van der Waals surface area contributed by atoms with Crippen LogP contribution in [0.25, 0.3) is 11.3 Å². The Morgan fingerprint density at radius 1 is 1.21 bits per heavy atom. The molecule has 28 heavy (non-hydrogen) atoms. The number of methoxy groups -OCH3 is 1. The van der Waals surface area contributed by atoms with Gasteiger partial charge in [-0.25, -0.2) is 9.03 Å². The van der Waals surface area contributed by atoms with Crippen LogP contribution in [0.2, 0.25) is 0 Å². The van der Waals surface area contributed by atoms with Gasteiger partial charge in [0.25, 0.3) is 0 Å². The topological polar surface area (TPSA) is 62.4 Å². The summed E-state index contributed by atoms with van der Waals surface area (Å²) in [6.45, 7) is 5.89. The number of hydrogen-bond donors (Lipinski definition) is 2. The van der Waals surface area contributed by atoms with Gasteiger partial charge in [0.05, 0.1) is 26.0 Å². The molecule has 2 aromatic rings. The van der Waals surface area contributed by atoms with Crippen molar-refractivity contribution in [1.29, 1.82) is 0 Å². The minimum absolute atomic E-state index is 0.568. The Balaban J connectivity index is 1.34. The van der Waals surface area contributed by atoms with Gasteiger partial charge in [0.1, 0.15) is 5.75 Å². The van der Waals surface area contributed by atoms with Crippen molar-refractivity contribution in [3.8, 4) is 17.0 Å². The van der Waals surface area contributed by atoms with Crippen molar-refractivity contribution >= 4 is 12.1 Å². The van der Waals surface area contributed by atoms with E-state index in [1.165, 1.54) is 36.9 Å². The molecule has 6 nitrogen and oxygen atoms in total. The highest BCUT2D eigenvalue weighted by Crippen LogP contribution is 2.37. The maximum Gasteiger partial charge on any atom is 0.119 e. The molecule has 4 rings (SSSR count). The van der Waals surface area contributed by atoms with Crippen LogP contribution in [-0.4, -0.2) is 54.0 Å². The van der Waals surface area contributed by atoms with Crippen molar-refractivity contribution in [1.82, 2.24) is 19.2 Å². The zero-order chi connectivity index (χ0) is 19.3. The van der Waals surface area contributed by atoms with Crippen molar-refractivity contribution in [3.63, 3.8) is 0 Å². The third-order valence-corrected chi connectivity index (χ3v) is 6.91. The molecule has 1 aromatic heterocycles. The van der Waals surface area contributed by atoms with Crippen LogP contribution in [0.3, 0.4) is 0 Å². The second-order valence-corrected chi connectivity index (χ2v) is 8.58. The van der Waals surface area contributed by atoms with E-state index >= 15 is 0 Å². The molecule has 0 spiro atoms. The monoisotopic (exact) mass is 402 g/mol. The van der Waals surface area contributed by atoms with Gasteiger partial charge in [-0.15, -0.1) is 0 Å². The average Bonchev–Trinajstić information content (AvgIpc) is 3.15. The number of nitrogens with one attached hydrogen (secondary N) is 2. The Labute approximate surface area is 171 Å². The number of H-pyrrole nitrogens is 1. The van der Waals surface area contributed by atoms with Gasteiger partial charge in [0, 0.05) is 48.4 Å². The van der Waals surface area contributed by atoms with E-state index in [0.29, 0.717) is 12.0 Å². The molecular weight excluding hydrogens is 372 g/mol. The van der Waals surface area contributed by atoms with Crippen molar-refractivity contribution in [2.45, 2.75) is 44.6 Å². The quantitative estimate of drug-likeness (QED) is 0.715. The summed E-state index contributed by atoms with van der Waals surface area (Å²) in [5.41, 5.74) is 4.72. The fourth-order valence-electron chi connectivity index (χ4n) is 4.15. The van der Waals surface area contributed by atoms with E-state index in [1.807, 2.05) is 12.1 Å². The maximum atomic E-state index is 5.41. The van der Waals surface area contributed by atoms with E-state index in [9.17, 15) is 0 Å². The first kappa shape index (κ1) is 19.8. The maximum absolute atomic E-state index is 5.41. The number of morpholine rings is 1. The van der Waals surface area contributed by atoms with Crippen LogP contribution >= 0.6 is 12.1 Å². The lowest BCUT2D eigenvalue weighted by Gasteiger charge is -2.31. The summed E-state index contributed by atoms with van der Waals surface area (Å²) in [6.07, 6.45) is 4.80. The van der Waals surface area contributed by atoms with E-state index in [2.05, 4.69) is 38.3 Å². The van der Waals surface area contributed by atoms with Crippen LogP contribution in [0.5, 0.6) is 5.75 Å². The van der Waals surface area contributed by atoms with E-state index < -0.39 is 0 Å². The molecule has 0 bridgehead atoms. The first-order valence-corrected chi connectivity index (χ1v) is 11.0. The fourth-order valence-corrected chi connectivity index (χ4v) is 5.01. The summed E-state index contributed by atoms with van der Waals surface area (Å²) in [4.78, 5) is 0. The second kappa shape index (κ2) is 9.31. The van der Waals surface area contributed by atoms with Gasteiger partial charge < -0.3 is 9.47 Å². The zero-order valence-corrected chi connectivity index (χ0v) is 17.6. The van der Waals surface area contributed by atoms with E-state index in [0.717, 1.165) is 43.3 Å². The molecule has 1 saturated heterocycles. The number of aromatic amines is 1. The Kier molecular flexibility index (Phi) is 6.57. The zero-order valence-electron chi connectivity index (χ0n) is 16.7. The normalized spacial score (nSPS) is 23.6. The van der Waals surface area contributed by atoms with Crippen LogP contribution in [0.15, 0.2) is 24.3 Å². The SMILES string of the molecule is COc1cccc(-c2n[nH]c(C3CCC(NSN4CCOCC4)CC3)c2C)c1. The fraction of sp³-hybridized carbons (Fsp3) is 0.571.